The molecule has 0 saturated heterocycles. The smallest absolute Gasteiger partial charge is 0.310 e. The molecule has 5 heteroatoms. The van der Waals surface area contributed by atoms with E-state index < -0.39 is 18.0 Å². The third-order valence-corrected chi connectivity index (χ3v) is 3.98. The van der Waals surface area contributed by atoms with Gasteiger partial charge in [-0.2, -0.15) is 0 Å². The number of hydrogen-bond acceptors (Lipinski definition) is 5. The average molecular weight is 369 g/mol. The summed E-state index contributed by atoms with van der Waals surface area (Å²) >= 11 is 0. The number of hydrogen-bond donors (Lipinski definition) is 1. The highest BCUT2D eigenvalue weighted by Gasteiger charge is 2.15. The maximum absolute atomic E-state index is 11.7. The van der Waals surface area contributed by atoms with Crippen molar-refractivity contribution in [3.63, 3.8) is 0 Å². The van der Waals surface area contributed by atoms with Gasteiger partial charge in [-0.15, -0.1) is 0 Å². The van der Waals surface area contributed by atoms with Crippen LogP contribution in [0.2, 0.25) is 0 Å². The molecule has 1 N–H and O–H groups in total. The van der Waals surface area contributed by atoms with Crippen LogP contribution in [0.3, 0.4) is 0 Å². The normalized spacial score (nSPS) is 14.1. The molecule has 0 heterocycles. The molecule has 0 aliphatic heterocycles. The molecule has 0 aromatic rings. The average Bonchev–Trinajstić information content (AvgIpc) is 2.61. The highest BCUT2D eigenvalue weighted by atomic mass is 16.6. The zero-order valence-corrected chi connectivity index (χ0v) is 16.8. The lowest BCUT2D eigenvalue weighted by atomic mass is 10.1. The van der Waals surface area contributed by atoms with E-state index in [0.29, 0.717) is 11.8 Å². The molecule has 0 aliphatic rings. The fourth-order valence-corrected chi connectivity index (χ4v) is 2.00. The number of carbonyl (C=O) groups excluding carboxylic acids is 2. The first-order chi connectivity index (χ1) is 12.4. The van der Waals surface area contributed by atoms with E-state index in [-0.39, 0.29) is 26.1 Å². The first-order valence-corrected chi connectivity index (χ1v) is 9.64. The van der Waals surface area contributed by atoms with Gasteiger partial charge in [0.1, 0.15) is 6.61 Å². The number of carbonyl (C=O) groups is 2. The van der Waals surface area contributed by atoms with Gasteiger partial charge in [-0.1, -0.05) is 58.4 Å². The number of esters is 2. The maximum atomic E-state index is 11.7. The molecule has 2 unspecified atom stereocenters. The fraction of sp³-hybridized carbons (Fsp3) is 0.714. The van der Waals surface area contributed by atoms with Gasteiger partial charge in [-0.05, 0) is 31.1 Å². The number of allylic oxidation sites excluding steroid dienone is 2. The lowest BCUT2D eigenvalue weighted by molar-refractivity contribution is -0.160. The van der Waals surface area contributed by atoms with Crippen LogP contribution in [0.1, 0.15) is 66.2 Å². The van der Waals surface area contributed by atoms with E-state index in [0.717, 1.165) is 25.7 Å². The number of aliphatic hydroxyl groups is 1. The van der Waals surface area contributed by atoms with Crippen LogP contribution < -0.4 is 0 Å². The van der Waals surface area contributed by atoms with Crippen molar-refractivity contribution in [2.45, 2.75) is 72.3 Å². The third kappa shape index (κ3) is 14.7. The Morgan fingerprint density at radius 1 is 1.00 bits per heavy atom. The molecule has 26 heavy (non-hydrogen) atoms. The molecule has 0 aliphatic carbocycles. The molecule has 0 radical (unpaired) electrons. The van der Waals surface area contributed by atoms with Crippen LogP contribution in [0.5, 0.6) is 0 Å². The largest absolute Gasteiger partial charge is 0.461 e. The molecule has 0 aromatic heterocycles. The van der Waals surface area contributed by atoms with E-state index in [1.807, 2.05) is 12.2 Å². The first kappa shape index (κ1) is 24.4. The second kappa shape index (κ2) is 15.6. The molecule has 5 nitrogen and oxygen atoms in total. The van der Waals surface area contributed by atoms with Crippen molar-refractivity contribution < 1.29 is 24.2 Å². The van der Waals surface area contributed by atoms with E-state index in [1.54, 1.807) is 12.2 Å². The lowest BCUT2D eigenvalue weighted by Crippen LogP contribution is -2.28. The molecular weight excluding hydrogens is 332 g/mol. The summed E-state index contributed by atoms with van der Waals surface area (Å²) in [4.78, 5) is 23.4. The molecule has 0 bridgehead atoms. The van der Waals surface area contributed by atoms with Gasteiger partial charge < -0.3 is 14.6 Å². The zero-order valence-electron chi connectivity index (χ0n) is 16.8. The fourth-order valence-electron chi connectivity index (χ4n) is 2.00. The van der Waals surface area contributed by atoms with Gasteiger partial charge in [0.15, 0.2) is 6.10 Å². The molecule has 0 saturated carbocycles. The Bertz CT molecular complexity index is 440. The summed E-state index contributed by atoms with van der Waals surface area (Å²) in [6, 6.07) is 0. The molecule has 0 aromatic carbocycles. The van der Waals surface area contributed by atoms with E-state index in [1.165, 1.54) is 0 Å². The van der Waals surface area contributed by atoms with Gasteiger partial charge in [0.25, 0.3) is 0 Å². The monoisotopic (exact) mass is 368 g/mol. The number of rotatable bonds is 14. The molecule has 0 fully saturated rings. The second-order valence-corrected chi connectivity index (χ2v) is 7.05. The van der Waals surface area contributed by atoms with Crippen molar-refractivity contribution >= 4 is 11.9 Å². The van der Waals surface area contributed by atoms with E-state index in [9.17, 15) is 14.7 Å². The molecule has 150 valence electrons. The molecular formula is C21H36O5. The minimum atomic E-state index is -0.820. The van der Waals surface area contributed by atoms with Crippen LogP contribution in [-0.2, 0) is 19.1 Å². The highest BCUT2D eigenvalue weighted by molar-refractivity contribution is 5.72. The predicted octanol–water partition coefficient (Wildman–Crippen LogP) is 4.20. The van der Waals surface area contributed by atoms with Crippen LogP contribution in [0.15, 0.2) is 24.3 Å². The topological polar surface area (TPSA) is 72.8 Å². The number of ether oxygens (including phenoxy) is 2. The van der Waals surface area contributed by atoms with E-state index in [2.05, 4.69) is 27.7 Å². The maximum Gasteiger partial charge on any atom is 0.310 e. The van der Waals surface area contributed by atoms with Crippen molar-refractivity contribution in [2.24, 2.45) is 11.8 Å². The van der Waals surface area contributed by atoms with Gasteiger partial charge in [0.2, 0.25) is 0 Å². The van der Waals surface area contributed by atoms with Crippen LogP contribution >= 0.6 is 0 Å². The standard InChI is InChI=1S/C21H36O5/c1-5-18(4)12-9-10-14-21(24)26-19(15-22)16-25-20(23)13-8-6-7-11-17(2)3/h6,8-10,17-19,22H,5,7,11-16H2,1-4H3/b8-6+,10-9+. The summed E-state index contributed by atoms with van der Waals surface area (Å²) in [6.45, 7) is 8.08. The van der Waals surface area contributed by atoms with Crippen molar-refractivity contribution in [3.05, 3.63) is 24.3 Å². The summed E-state index contributed by atoms with van der Waals surface area (Å²) in [5.74, 6) is 0.394. The highest BCUT2D eigenvalue weighted by Crippen LogP contribution is 2.08. The van der Waals surface area contributed by atoms with Crippen molar-refractivity contribution in [2.75, 3.05) is 13.2 Å². The van der Waals surface area contributed by atoms with Crippen molar-refractivity contribution in [3.8, 4) is 0 Å². The molecule has 2 atom stereocenters. The van der Waals surface area contributed by atoms with Crippen LogP contribution in [0.25, 0.3) is 0 Å². The minimum absolute atomic E-state index is 0.127. The Balaban J connectivity index is 3.99. The minimum Gasteiger partial charge on any atom is -0.461 e. The first-order valence-electron chi connectivity index (χ1n) is 9.64. The van der Waals surface area contributed by atoms with Crippen LogP contribution in [0.4, 0.5) is 0 Å². The number of aliphatic hydroxyl groups excluding tert-OH is 1. The van der Waals surface area contributed by atoms with Crippen molar-refractivity contribution in [1.29, 1.82) is 0 Å². The lowest BCUT2D eigenvalue weighted by Gasteiger charge is -2.15. The summed E-state index contributed by atoms with van der Waals surface area (Å²) in [5.41, 5.74) is 0. The van der Waals surface area contributed by atoms with Gasteiger partial charge in [0.05, 0.1) is 19.4 Å². The third-order valence-electron chi connectivity index (χ3n) is 3.98. The SMILES string of the molecule is CCC(C)C/C=C/CC(=O)OC(CO)COC(=O)C/C=C/CCC(C)C. The van der Waals surface area contributed by atoms with Crippen LogP contribution in [-0.4, -0.2) is 36.4 Å². The summed E-state index contributed by atoms with van der Waals surface area (Å²) in [6.07, 6.45) is 11.1. The van der Waals surface area contributed by atoms with E-state index >= 15 is 0 Å². The van der Waals surface area contributed by atoms with E-state index in [4.69, 9.17) is 9.47 Å². The Morgan fingerprint density at radius 2 is 1.65 bits per heavy atom. The summed E-state index contributed by atoms with van der Waals surface area (Å²) < 4.78 is 10.2. The van der Waals surface area contributed by atoms with Gasteiger partial charge in [0, 0.05) is 0 Å². The molecule has 0 amide bonds. The Labute approximate surface area is 158 Å². The van der Waals surface area contributed by atoms with Gasteiger partial charge in [-0.25, -0.2) is 0 Å². The van der Waals surface area contributed by atoms with Gasteiger partial charge >= 0.3 is 11.9 Å². The Hall–Kier alpha value is -1.62. The molecule has 0 rings (SSSR count). The Kier molecular flexibility index (Phi) is 14.6. The zero-order chi connectivity index (χ0) is 19.8. The van der Waals surface area contributed by atoms with Crippen LogP contribution in [0, 0.1) is 11.8 Å². The second-order valence-electron chi connectivity index (χ2n) is 7.05. The Morgan fingerprint density at radius 3 is 2.27 bits per heavy atom. The molecule has 0 spiro atoms. The predicted molar refractivity (Wildman–Crippen MR) is 104 cm³/mol. The van der Waals surface area contributed by atoms with Crippen molar-refractivity contribution in [1.82, 2.24) is 0 Å². The summed E-state index contributed by atoms with van der Waals surface area (Å²) in [7, 11) is 0. The van der Waals surface area contributed by atoms with Gasteiger partial charge in [-0.3, -0.25) is 9.59 Å². The summed E-state index contributed by atoms with van der Waals surface area (Å²) in [5, 5.41) is 9.26. The quantitative estimate of drug-likeness (QED) is 0.367.